The summed E-state index contributed by atoms with van der Waals surface area (Å²) < 4.78 is 7.25. The van der Waals surface area contributed by atoms with Crippen LogP contribution in [-0.2, 0) is 11.8 Å². The quantitative estimate of drug-likeness (QED) is 0.795. The second-order valence-electron chi connectivity index (χ2n) is 6.79. The van der Waals surface area contributed by atoms with Crippen molar-refractivity contribution in [1.82, 2.24) is 19.7 Å². The minimum atomic E-state index is 0.183. The Balaban J connectivity index is 1.64. The van der Waals surface area contributed by atoms with Crippen molar-refractivity contribution >= 4 is 17.7 Å². The van der Waals surface area contributed by atoms with Crippen LogP contribution in [0.5, 0.6) is 0 Å². The van der Waals surface area contributed by atoms with Gasteiger partial charge in [0, 0.05) is 20.1 Å². The van der Waals surface area contributed by atoms with Gasteiger partial charge in [0.15, 0.2) is 11.0 Å². The molecule has 3 rings (SSSR count). The van der Waals surface area contributed by atoms with E-state index < -0.39 is 0 Å². The molecule has 1 aliphatic heterocycles. The molecule has 7 heteroatoms. The van der Waals surface area contributed by atoms with Gasteiger partial charge >= 0.3 is 0 Å². The van der Waals surface area contributed by atoms with Gasteiger partial charge in [-0.15, -0.1) is 10.2 Å². The Bertz CT molecular complexity index is 714. The van der Waals surface area contributed by atoms with Crippen molar-refractivity contribution in [1.29, 1.82) is 0 Å². The lowest BCUT2D eigenvalue weighted by Gasteiger charge is -2.34. The lowest BCUT2D eigenvalue weighted by molar-refractivity contribution is -0.130. The van der Waals surface area contributed by atoms with Gasteiger partial charge in [0.05, 0.1) is 17.6 Å². The van der Waals surface area contributed by atoms with Gasteiger partial charge in [-0.1, -0.05) is 25.6 Å². The molecular weight excluding hydrogens is 324 g/mol. The predicted molar refractivity (Wildman–Crippen MR) is 93.7 cm³/mol. The number of hydrogen-bond acceptors (Lipinski definition) is 5. The molecule has 1 saturated heterocycles. The van der Waals surface area contributed by atoms with Crippen molar-refractivity contribution in [3.05, 3.63) is 18.1 Å². The number of amides is 1. The molecule has 3 heterocycles. The fourth-order valence-corrected chi connectivity index (χ4v) is 4.19. The van der Waals surface area contributed by atoms with Gasteiger partial charge in [-0.25, -0.2) is 0 Å². The van der Waals surface area contributed by atoms with Crippen molar-refractivity contribution in [2.75, 3.05) is 18.8 Å². The van der Waals surface area contributed by atoms with Crippen LogP contribution in [0.4, 0.5) is 0 Å². The second kappa shape index (κ2) is 7.01. The molecule has 0 N–H and O–H groups in total. The number of aromatic nitrogens is 3. The highest BCUT2D eigenvalue weighted by Gasteiger charge is 2.25. The fourth-order valence-electron chi connectivity index (χ4n) is 3.38. The maximum atomic E-state index is 12.5. The Labute approximate surface area is 146 Å². The van der Waals surface area contributed by atoms with Crippen LogP contribution in [0.1, 0.15) is 26.0 Å². The first-order valence-corrected chi connectivity index (χ1v) is 9.28. The average Bonchev–Trinajstić information content (AvgIpc) is 3.09. The molecule has 130 valence electrons. The zero-order valence-corrected chi connectivity index (χ0v) is 15.5. The van der Waals surface area contributed by atoms with E-state index in [1.807, 2.05) is 29.5 Å². The summed E-state index contributed by atoms with van der Waals surface area (Å²) >= 11 is 1.44. The van der Waals surface area contributed by atoms with Crippen LogP contribution < -0.4 is 0 Å². The van der Waals surface area contributed by atoms with E-state index in [2.05, 4.69) is 24.0 Å². The first kappa shape index (κ1) is 17.1. The molecule has 0 saturated carbocycles. The van der Waals surface area contributed by atoms with E-state index >= 15 is 0 Å². The first-order chi connectivity index (χ1) is 11.5. The Morgan fingerprint density at radius 3 is 2.67 bits per heavy atom. The average molecular weight is 348 g/mol. The van der Waals surface area contributed by atoms with E-state index in [1.54, 1.807) is 6.26 Å². The third-order valence-corrected chi connectivity index (χ3v) is 5.49. The molecule has 0 radical (unpaired) electrons. The number of hydrogen-bond donors (Lipinski definition) is 0. The predicted octanol–water partition coefficient (Wildman–Crippen LogP) is 2.98. The number of piperidine rings is 1. The van der Waals surface area contributed by atoms with E-state index in [0.29, 0.717) is 17.6 Å². The van der Waals surface area contributed by atoms with Crippen molar-refractivity contribution in [3.8, 4) is 11.4 Å². The molecule has 0 aromatic carbocycles. The smallest absolute Gasteiger partial charge is 0.233 e. The molecule has 2 atom stereocenters. The molecule has 0 bridgehead atoms. The lowest BCUT2D eigenvalue weighted by atomic mass is 9.92. The monoisotopic (exact) mass is 348 g/mol. The minimum Gasteiger partial charge on any atom is -0.469 e. The van der Waals surface area contributed by atoms with E-state index in [4.69, 9.17) is 4.42 Å². The Morgan fingerprint density at radius 1 is 1.33 bits per heavy atom. The highest BCUT2D eigenvalue weighted by Crippen LogP contribution is 2.27. The number of rotatable bonds is 4. The number of nitrogens with zero attached hydrogens (tertiary/aromatic N) is 4. The first-order valence-electron chi connectivity index (χ1n) is 8.30. The number of furan rings is 1. The largest absolute Gasteiger partial charge is 0.469 e. The van der Waals surface area contributed by atoms with Gasteiger partial charge in [-0.3, -0.25) is 4.79 Å². The summed E-state index contributed by atoms with van der Waals surface area (Å²) in [5.74, 6) is 3.31. The van der Waals surface area contributed by atoms with Crippen molar-refractivity contribution in [2.45, 2.75) is 32.3 Å². The molecule has 6 nitrogen and oxygen atoms in total. The number of aryl methyl sites for hydroxylation is 1. The molecule has 2 aromatic rings. The van der Waals surface area contributed by atoms with Crippen LogP contribution in [0.15, 0.2) is 21.9 Å². The van der Waals surface area contributed by atoms with Crippen LogP contribution in [0.25, 0.3) is 11.4 Å². The summed E-state index contributed by atoms with van der Waals surface area (Å²) in [4.78, 5) is 14.5. The van der Waals surface area contributed by atoms with Gasteiger partial charge in [0.1, 0.15) is 5.76 Å². The number of carbonyl (C=O) groups excluding carboxylic acids is 1. The Hall–Kier alpha value is -1.76. The lowest BCUT2D eigenvalue weighted by Crippen LogP contribution is -2.43. The van der Waals surface area contributed by atoms with Gasteiger partial charge < -0.3 is 13.9 Å². The number of carbonyl (C=O) groups is 1. The summed E-state index contributed by atoms with van der Waals surface area (Å²) in [5, 5.41) is 9.21. The normalized spacial score (nSPS) is 21.2. The van der Waals surface area contributed by atoms with Crippen molar-refractivity contribution in [3.63, 3.8) is 0 Å². The third-order valence-electron chi connectivity index (χ3n) is 4.48. The maximum Gasteiger partial charge on any atom is 0.233 e. The maximum absolute atomic E-state index is 12.5. The number of likely N-dealkylation sites (tertiary alicyclic amines) is 1. The molecule has 1 fully saturated rings. The van der Waals surface area contributed by atoms with Gasteiger partial charge in [0.25, 0.3) is 0 Å². The molecular formula is C17H24N4O2S. The summed E-state index contributed by atoms with van der Waals surface area (Å²) in [6, 6.07) is 1.88. The summed E-state index contributed by atoms with van der Waals surface area (Å²) in [6.07, 6.45) is 2.85. The highest BCUT2D eigenvalue weighted by atomic mass is 32.2. The van der Waals surface area contributed by atoms with E-state index in [-0.39, 0.29) is 5.91 Å². The van der Waals surface area contributed by atoms with Gasteiger partial charge in [-0.2, -0.15) is 0 Å². The SMILES string of the molecule is Cc1occc1-c1nnc(SCC(=O)N2C[C@@H](C)C[C@H](C)C2)n1C. The van der Waals surface area contributed by atoms with Crippen molar-refractivity contribution in [2.24, 2.45) is 18.9 Å². The second-order valence-corrected chi connectivity index (χ2v) is 7.73. The summed E-state index contributed by atoms with van der Waals surface area (Å²) in [7, 11) is 1.92. The third kappa shape index (κ3) is 3.50. The molecule has 24 heavy (non-hydrogen) atoms. The topological polar surface area (TPSA) is 64.2 Å². The zero-order valence-electron chi connectivity index (χ0n) is 14.7. The van der Waals surface area contributed by atoms with E-state index in [0.717, 1.165) is 35.4 Å². The van der Waals surface area contributed by atoms with Crippen LogP contribution in [0.3, 0.4) is 0 Å². The molecule has 1 aliphatic rings. The molecule has 0 spiro atoms. The van der Waals surface area contributed by atoms with Gasteiger partial charge in [-0.05, 0) is 31.2 Å². The van der Waals surface area contributed by atoms with Gasteiger partial charge in [0.2, 0.25) is 5.91 Å². The fraction of sp³-hybridized carbons (Fsp3) is 0.588. The molecule has 0 aliphatic carbocycles. The molecule has 0 unspecified atom stereocenters. The van der Waals surface area contributed by atoms with Crippen LogP contribution in [0.2, 0.25) is 0 Å². The van der Waals surface area contributed by atoms with E-state index in [9.17, 15) is 4.79 Å². The minimum absolute atomic E-state index is 0.183. The highest BCUT2D eigenvalue weighted by molar-refractivity contribution is 7.99. The van der Waals surface area contributed by atoms with Crippen molar-refractivity contribution < 1.29 is 9.21 Å². The standard InChI is InChI=1S/C17H24N4O2S/c1-11-7-12(2)9-21(8-11)15(22)10-24-17-19-18-16(20(17)4)14-5-6-23-13(14)3/h5-6,11-12H,7-10H2,1-4H3/t11-,12-/m0/s1. The van der Waals surface area contributed by atoms with E-state index in [1.165, 1.54) is 18.2 Å². The number of thioether (sulfide) groups is 1. The zero-order chi connectivity index (χ0) is 17.3. The Morgan fingerprint density at radius 2 is 2.04 bits per heavy atom. The molecule has 2 aromatic heterocycles. The summed E-state index contributed by atoms with van der Waals surface area (Å²) in [6.45, 7) is 8.06. The summed E-state index contributed by atoms with van der Waals surface area (Å²) in [5.41, 5.74) is 0.932. The van der Waals surface area contributed by atoms with Crippen LogP contribution >= 0.6 is 11.8 Å². The van der Waals surface area contributed by atoms with Crippen LogP contribution in [0, 0.1) is 18.8 Å². The molecule has 1 amide bonds. The Kier molecular flexibility index (Phi) is 4.99. The van der Waals surface area contributed by atoms with Crippen LogP contribution in [-0.4, -0.2) is 44.4 Å².